The van der Waals surface area contributed by atoms with Gasteiger partial charge in [0.1, 0.15) is 11.5 Å². The average molecular weight is 280 g/mol. The number of benzene rings is 1. The number of carbonyl (C=O) groups excluding carboxylic acids is 2. The first kappa shape index (κ1) is 15.8. The molecule has 0 saturated heterocycles. The monoisotopic (exact) mass is 280 g/mol. The third-order valence-electron chi connectivity index (χ3n) is 2.70. The van der Waals surface area contributed by atoms with Gasteiger partial charge in [-0.1, -0.05) is 0 Å². The van der Waals surface area contributed by atoms with Crippen molar-refractivity contribution in [1.82, 2.24) is 10.6 Å². The smallest absolute Gasteiger partial charge is 0.239 e. The molecule has 1 aromatic rings. The second-order valence-electron chi connectivity index (χ2n) is 4.19. The van der Waals surface area contributed by atoms with Crippen molar-refractivity contribution in [2.75, 3.05) is 27.3 Å². The van der Waals surface area contributed by atoms with Crippen molar-refractivity contribution in [1.29, 1.82) is 0 Å². The van der Waals surface area contributed by atoms with Crippen molar-refractivity contribution in [2.24, 2.45) is 0 Å². The Hall–Kier alpha value is -2.24. The zero-order valence-electron chi connectivity index (χ0n) is 12.0. The van der Waals surface area contributed by atoms with E-state index in [-0.39, 0.29) is 18.4 Å². The molecule has 0 aliphatic rings. The van der Waals surface area contributed by atoms with Crippen LogP contribution in [-0.2, 0) is 16.0 Å². The van der Waals surface area contributed by atoms with Gasteiger partial charge in [-0.15, -0.1) is 0 Å². The summed E-state index contributed by atoms with van der Waals surface area (Å²) >= 11 is 0. The molecule has 1 aromatic carbocycles. The highest BCUT2D eigenvalue weighted by atomic mass is 16.5. The summed E-state index contributed by atoms with van der Waals surface area (Å²) in [6.07, 6.45) is 0.617. The van der Waals surface area contributed by atoms with E-state index in [0.29, 0.717) is 13.0 Å². The minimum atomic E-state index is -0.227. The number of ether oxygens (including phenoxy) is 2. The molecule has 20 heavy (non-hydrogen) atoms. The summed E-state index contributed by atoms with van der Waals surface area (Å²) < 4.78 is 10.4. The molecule has 6 heteroatoms. The SMILES string of the molecule is COc1ccc(OC)c(CCNC(=O)CNC(C)=O)c1. The summed E-state index contributed by atoms with van der Waals surface area (Å²) in [5.74, 6) is 1.05. The van der Waals surface area contributed by atoms with Crippen molar-refractivity contribution < 1.29 is 19.1 Å². The van der Waals surface area contributed by atoms with Gasteiger partial charge >= 0.3 is 0 Å². The Morgan fingerprint density at radius 3 is 2.50 bits per heavy atom. The van der Waals surface area contributed by atoms with Crippen LogP contribution in [0.5, 0.6) is 11.5 Å². The Morgan fingerprint density at radius 1 is 1.15 bits per heavy atom. The van der Waals surface area contributed by atoms with E-state index in [4.69, 9.17) is 9.47 Å². The number of amides is 2. The first-order valence-electron chi connectivity index (χ1n) is 6.29. The minimum absolute atomic E-state index is 0.00935. The van der Waals surface area contributed by atoms with Crippen LogP contribution >= 0.6 is 0 Å². The maximum Gasteiger partial charge on any atom is 0.239 e. The van der Waals surface area contributed by atoms with Crippen molar-refractivity contribution in [2.45, 2.75) is 13.3 Å². The molecule has 0 aliphatic carbocycles. The molecule has 0 unspecified atom stereocenters. The summed E-state index contributed by atoms with van der Waals surface area (Å²) in [4.78, 5) is 22.1. The Balaban J connectivity index is 2.48. The normalized spacial score (nSPS) is 9.75. The molecule has 6 nitrogen and oxygen atoms in total. The van der Waals surface area contributed by atoms with Crippen molar-refractivity contribution in [3.63, 3.8) is 0 Å². The van der Waals surface area contributed by atoms with E-state index >= 15 is 0 Å². The van der Waals surface area contributed by atoms with E-state index in [1.807, 2.05) is 18.2 Å². The fourth-order valence-electron chi connectivity index (χ4n) is 1.68. The third kappa shape index (κ3) is 5.17. The van der Waals surface area contributed by atoms with Crippen molar-refractivity contribution >= 4 is 11.8 Å². The van der Waals surface area contributed by atoms with Crippen molar-refractivity contribution in [3.05, 3.63) is 23.8 Å². The quantitative estimate of drug-likeness (QED) is 0.762. The maximum absolute atomic E-state index is 11.4. The Morgan fingerprint density at radius 2 is 1.90 bits per heavy atom. The summed E-state index contributed by atoms with van der Waals surface area (Å²) in [6, 6.07) is 5.52. The molecule has 110 valence electrons. The topological polar surface area (TPSA) is 76.7 Å². The molecule has 0 fully saturated rings. The second-order valence-corrected chi connectivity index (χ2v) is 4.19. The van der Waals surface area contributed by atoms with E-state index in [1.165, 1.54) is 6.92 Å². The third-order valence-corrected chi connectivity index (χ3v) is 2.70. The van der Waals surface area contributed by atoms with Gasteiger partial charge < -0.3 is 20.1 Å². The summed E-state index contributed by atoms with van der Waals surface area (Å²) in [5, 5.41) is 5.16. The van der Waals surface area contributed by atoms with E-state index in [9.17, 15) is 9.59 Å². The van der Waals surface area contributed by atoms with Gasteiger partial charge in [0.2, 0.25) is 11.8 Å². The summed E-state index contributed by atoms with van der Waals surface area (Å²) in [7, 11) is 3.20. The average Bonchev–Trinajstić information content (AvgIpc) is 2.45. The molecule has 0 atom stereocenters. The lowest BCUT2D eigenvalue weighted by Gasteiger charge is -2.11. The zero-order chi connectivity index (χ0) is 15.0. The molecular weight excluding hydrogens is 260 g/mol. The summed E-state index contributed by atoms with van der Waals surface area (Å²) in [5.41, 5.74) is 0.951. The van der Waals surface area contributed by atoms with Crippen molar-refractivity contribution in [3.8, 4) is 11.5 Å². The van der Waals surface area contributed by atoms with Gasteiger partial charge in [0, 0.05) is 13.5 Å². The van der Waals surface area contributed by atoms with Gasteiger partial charge in [-0.25, -0.2) is 0 Å². The number of carbonyl (C=O) groups is 2. The number of methoxy groups -OCH3 is 2. The van der Waals surface area contributed by atoms with Crippen LogP contribution in [0.15, 0.2) is 18.2 Å². The lowest BCUT2D eigenvalue weighted by molar-refractivity contribution is -0.125. The van der Waals surface area contributed by atoms with Gasteiger partial charge in [0.15, 0.2) is 0 Å². The predicted molar refractivity (Wildman–Crippen MR) is 74.9 cm³/mol. The maximum atomic E-state index is 11.4. The second kappa shape index (κ2) is 8.04. The minimum Gasteiger partial charge on any atom is -0.497 e. The van der Waals surface area contributed by atoms with E-state index < -0.39 is 0 Å². The highest BCUT2D eigenvalue weighted by Gasteiger charge is 2.06. The zero-order valence-corrected chi connectivity index (χ0v) is 12.0. The molecule has 0 spiro atoms. The number of nitrogens with one attached hydrogen (secondary N) is 2. The van der Waals surface area contributed by atoms with E-state index in [0.717, 1.165) is 17.1 Å². The fourth-order valence-corrected chi connectivity index (χ4v) is 1.68. The van der Waals surface area contributed by atoms with Gasteiger partial charge in [-0.05, 0) is 30.2 Å². The van der Waals surface area contributed by atoms with Crippen LogP contribution < -0.4 is 20.1 Å². The van der Waals surface area contributed by atoms with Crippen LogP contribution in [0.1, 0.15) is 12.5 Å². The molecule has 0 aromatic heterocycles. The molecule has 2 amide bonds. The number of rotatable bonds is 7. The van der Waals surface area contributed by atoms with Crippen LogP contribution in [-0.4, -0.2) is 39.1 Å². The first-order chi connectivity index (χ1) is 9.56. The molecule has 0 heterocycles. The molecule has 2 N–H and O–H groups in total. The van der Waals surface area contributed by atoms with Gasteiger partial charge in [-0.3, -0.25) is 9.59 Å². The summed E-state index contributed by atoms with van der Waals surface area (Å²) in [6.45, 7) is 1.82. The molecule has 1 rings (SSSR count). The highest BCUT2D eigenvalue weighted by molar-refractivity contribution is 5.83. The van der Waals surface area contributed by atoms with Gasteiger partial charge in [0.25, 0.3) is 0 Å². The molecule has 0 radical (unpaired) electrons. The Kier molecular flexibility index (Phi) is 6.36. The first-order valence-corrected chi connectivity index (χ1v) is 6.29. The van der Waals surface area contributed by atoms with Crippen LogP contribution in [0.25, 0.3) is 0 Å². The molecular formula is C14H20N2O4. The van der Waals surface area contributed by atoms with Crippen LogP contribution in [0, 0.1) is 0 Å². The lowest BCUT2D eigenvalue weighted by Crippen LogP contribution is -2.36. The lowest BCUT2D eigenvalue weighted by atomic mass is 10.1. The Labute approximate surface area is 118 Å². The van der Waals surface area contributed by atoms with Gasteiger partial charge in [0.05, 0.1) is 20.8 Å². The molecule has 0 aliphatic heterocycles. The van der Waals surface area contributed by atoms with Crippen LogP contribution in [0.3, 0.4) is 0 Å². The molecule has 0 saturated carbocycles. The largest absolute Gasteiger partial charge is 0.497 e. The van der Waals surface area contributed by atoms with Crippen LogP contribution in [0.4, 0.5) is 0 Å². The van der Waals surface area contributed by atoms with Gasteiger partial charge in [-0.2, -0.15) is 0 Å². The fraction of sp³-hybridized carbons (Fsp3) is 0.429. The Bertz CT molecular complexity index is 474. The van der Waals surface area contributed by atoms with Crippen LogP contribution in [0.2, 0.25) is 0 Å². The predicted octanol–water partition coefficient (Wildman–Crippen LogP) is 0.499. The highest BCUT2D eigenvalue weighted by Crippen LogP contribution is 2.23. The number of hydrogen-bond acceptors (Lipinski definition) is 4. The van der Waals surface area contributed by atoms with E-state index in [2.05, 4.69) is 10.6 Å². The van der Waals surface area contributed by atoms with E-state index in [1.54, 1.807) is 14.2 Å². The number of hydrogen-bond donors (Lipinski definition) is 2. The molecule has 0 bridgehead atoms. The standard InChI is InChI=1S/C14H20N2O4/c1-10(17)16-9-14(18)15-7-6-11-8-12(19-2)4-5-13(11)20-3/h4-5,8H,6-7,9H2,1-3H3,(H,15,18)(H,16,17).